The molecule has 0 aromatic heterocycles. The molecule has 70 valence electrons. The summed E-state index contributed by atoms with van der Waals surface area (Å²) in [5, 5.41) is 11.3. The largest absolute Gasteiger partial charge is 0.480 e. The average Bonchev–Trinajstić information content (AvgIpc) is 2.03. The number of benzene rings is 1. The number of para-hydroxylation sites is 1. The maximum Gasteiger partial charge on any atom is 0.322 e. The molecule has 0 heterocycles. The fraction of sp³-hybridized carbons (Fsp3) is 0.125. The molecule has 0 spiro atoms. The molecule has 1 aromatic carbocycles. The maximum absolute atomic E-state index is 10.3. The van der Waals surface area contributed by atoms with E-state index in [1.165, 1.54) is 0 Å². The number of carboxylic acid groups (broad SMARTS) is 1. The molecule has 1 aromatic rings. The van der Waals surface area contributed by atoms with Crippen molar-refractivity contribution in [3.63, 3.8) is 0 Å². The Balaban J connectivity index is 2.81. The highest BCUT2D eigenvalue weighted by Crippen LogP contribution is 2.30. The zero-order valence-corrected chi connectivity index (χ0v) is 9.72. The van der Waals surface area contributed by atoms with Crippen LogP contribution in [0.2, 0.25) is 0 Å². The second-order valence-corrected chi connectivity index (χ2v) is 4.05. The zero-order valence-electron chi connectivity index (χ0n) is 6.55. The normalized spacial score (nSPS) is 9.69. The van der Waals surface area contributed by atoms with E-state index in [9.17, 15) is 4.79 Å². The average molecular weight is 309 g/mol. The summed E-state index contributed by atoms with van der Waals surface area (Å²) in [6.07, 6.45) is 0. The first-order valence-corrected chi connectivity index (χ1v) is 5.09. The third-order valence-electron chi connectivity index (χ3n) is 1.38. The second kappa shape index (κ2) is 4.62. The summed E-state index contributed by atoms with van der Waals surface area (Å²) in [7, 11) is 0. The molecule has 0 atom stereocenters. The molecule has 2 N–H and O–H groups in total. The Morgan fingerprint density at radius 1 is 1.38 bits per heavy atom. The Bertz CT molecular complexity index is 308. The summed E-state index contributed by atoms with van der Waals surface area (Å²) in [6, 6.07) is 5.55. The quantitative estimate of drug-likeness (QED) is 0.902. The van der Waals surface area contributed by atoms with Crippen LogP contribution >= 0.6 is 31.9 Å². The van der Waals surface area contributed by atoms with Crippen LogP contribution in [0.1, 0.15) is 0 Å². The summed E-state index contributed by atoms with van der Waals surface area (Å²) in [5.41, 5.74) is 0.755. The lowest BCUT2D eigenvalue weighted by Gasteiger charge is -2.07. The molecule has 5 heteroatoms. The van der Waals surface area contributed by atoms with Gasteiger partial charge >= 0.3 is 5.97 Å². The van der Waals surface area contributed by atoms with Crippen molar-refractivity contribution >= 4 is 43.5 Å². The van der Waals surface area contributed by atoms with Gasteiger partial charge in [0.25, 0.3) is 0 Å². The Morgan fingerprint density at radius 3 is 2.38 bits per heavy atom. The number of nitrogens with one attached hydrogen (secondary N) is 1. The fourth-order valence-corrected chi connectivity index (χ4v) is 2.11. The minimum Gasteiger partial charge on any atom is -0.480 e. The Labute approximate surface area is 92.4 Å². The lowest BCUT2D eigenvalue weighted by atomic mass is 10.3. The lowest BCUT2D eigenvalue weighted by molar-refractivity contribution is -0.134. The molecule has 0 fully saturated rings. The minimum absolute atomic E-state index is 0.0960. The van der Waals surface area contributed by atoms with Crippen LogP contribution in [0, 0.1) is 0 Å². The maximum atomic E-state index is 10.3. The van der Waals surface area contributed by atoms with Gasteiger partial charge in [-0.05, 0) is 44.0 Å². The van der Waals surface area contributed by atoms with Crippen LogP contribution in [0.3, 0.4) is 0 Å². The van der Waals surface area contributed by atoms with Crippen molar-refractivity contribution in [2.75, 3.05) is 11.9 Å². The van der Waals surface area contributed by atoms with Gasteiger partial charge in [-0.15, -0.1) is 0 Å². The van der Waals surface area contributed by atoms with Gasteiger partial charge in [-0.3, -0.25) is 4.79 Å². The predicted molar refractivity (Wildman–Crippen MR) is 58.0 cm³/mol. The highest BCUT2D eigenvalue weighted by molar-refractivity contribution is 9.11. The van der Waals surface area contributed by atoms with Crippen molar-refractivity contribution in [2.24, 2.45) is 0 Å². The van der Waals surface area contributed by atoms with Gasteiger partial charge in [0.2, 0.25) is 0 Å². The summed E-state index contributed by atoms with van der Waals surface area (Å²) in [6.45, 7) is -0.0960. The van der Waals surface area contributed by atoms with E-state index >= 15 is 0 Å². The SMILES string of the molecule is O=C(O)CNc1c(Br)cccc1Br. The van der Waals surface area contributed by atoms with E-state index in [0.717, 1.165) is 14.6 Å². The molecule has 0 unspecified atom stereocenters. The molecule has 1 rings (SSSR count). The van der Waals surface area contributed by atoms with Gasteiger partial charge in [0.15, 0.2) is 0 Å². The molecule has 0 aliphatic heterocycles. The van der Waals surface area contributed by atoms with Crippen LogP contribution in [0.15, 0.2) is 27.1 Å². The number of halogens is 2. The molecule has 3 nitrogen and oxygen atoms in total. The number of carbonyl (C=O) groups is 1. The second-order valence-electron chi connectivity index (χ2n) is 2.34. The van der Waals surface area contributed by atoms with E-state index in [1.54, 1.807) is 0 Å². The Kier molecular flexibility index (Phi) is 3.74. The van der Waals surface area contributed by atoms with E-state index in [-0.39, 0.29) is 6.54 Å². The van der Waals surface area contributed by atoms with Gasteiger partial charge in [-0.2, -0.15) is 0 Å². The molecule has 0 saturated carbocycles. The summed E-state index contributed by atoms with van der Waals surface area (Å²) < 4.78 is 1.67. The number of rotatable bonds is 3. The van der Waals surface area contributed by atoms with E-state index < -0.39 is 5.97 Å². The minimum atomic E-state index is -0.886. The number of aliphatic carboxylic acids is 1. The molecule has 0 bridgehead atoms. The van der Waals surface area contributed by atoms with Crippen molar-refractivity contribution in [2.45, 2.75) is 0 Å². The summed E-state index contributed by atoms with van der Waals surface area (Å²) >= 11 is 6.62. The fourth-order valence-electron chi connectivity index (χ4n) is 0.831. The number of carboxylic acids is 1. The Hall–Kier alpha value is -0.550. The van der Waals surface area contributed by atoms with Crippen molar-refractivity contribution < 1.29 is 9.90 Å². The topological polar surface area (TPSA) is 49.3 Å². The molecule has 0 amide bonds. The summed E-state index contributed by atoms with van der Waals surface area (Å²) in [4.78, 5) is 10.3. The standard InChI is InChI=1S/C8H7Br2NO2/c9-5-2-1-3-6(10)8(5)11-4-7(12)13/h1-3,11H,4H2,(H,12,13). The number of anilines is 1. The van der Waals surface area contributed by atoms with Crippen molar-refractivity contribution in [3.8, 4) is 0 Å². The van der Waals surface area contributed by atoms with Crippen LogP contribution in [-0.2, 0) is 4.79 Å². The van der Waals surface area contributed by atoms with Gasteiger partial charge in [0, 0.05) is 8.95 Å². The van der Waals surface area contributed by atoms with Crippen molar-refractivity contribution in [3.05, 3.63) is 27.1 Å². The molecular formula is C8H7Br2NO2. The molecule has 0 aliphatic carbocycles. The van der Waals surface area contributed by atoms with Crippen LogP contribution in [-0.4, -0.2) is 17.6 Å². The molecule has 0 saturated heterocycles. The lowest BCUT2D eigenvalue weighted by Crippen LogP contribution is -2.12. The number of hydrogen-bond acceptors (Lipinski definition) is 2. The third kappa shape index (κ3) is 3.00. The van der Waals surface area contributed by atoms with E-state index in [4.69, 9.17) is 5.11 Å². The van der Waals surface area contributed by atoms with Crippen LogP contribution < -0.4 is 5.32 Å². The van der Waals surface area contributed by atoms with E-state index in [0.29, 0.717) is 0 Å². The van der Waals surface area contributed by atoms with Gasteiger partial charge in [-0.1, -0.05) is 6.07 Å². The predicted octanol–water partition coefficient (Wildman–Crippen LogP) is 2.71. The molecule has 0 aliphatic rings. The number of hydrogen-bond donors (Lipinski definition) is 2. The van der Waals surface area contributed by atoms with Crippen molar-refractivity contribution in [1.29, 1.82) is 0 Å². The van der Waals surface area contributed by atoms with Gasteiger partial charge in [0.05, 0.1) is 5.69 Å². The van der Waals surface area contributed by atoms with E-state index in [2.05, 4.69) is 37.2 Å². The van der Waals surface area contributed by atoms with E-state index in [1.807, 2.05) is 18.2 Å². The molecule has 0 radical (unpaired) electrons. The summed E-state index contributed by atoms with van der Waals surface area (Å²) in [5.74, 6) is -0.886. The first-order chi connectivity index (χ1) is 6.11. The van der Waals surface area contributed by atoms with Crippen LogP contribution in [0.5, 0.6) is 0 Å². The monoisotopic (exact) mass is 307 g/mol. The first kappa shape index (κ1) is 10.5. The molecule has 13 heavy (non-hydrogen) atoms. The first-order valence-electron chi connectivity index (χ1n) is 3.51. The Morgan fingerprint density at radius 2 is 1.92 bits per heavy atom. The smallest absolute Gasteiger partial charge is 0.322 e. The zero-order chi connectivity index (χ0) is 9.84. The molecular weight excluding hydrogens is 302 g/mol. The third-order valence-corrected chi connectivity index (χ3v) is 2.70. The van der Waals surface area contributed by atoms with Gasteiger partial charge in [-0.25, -0.2) is 0 Å². The highest BCUT2D eigenvalue weighted by atomic mass is 79.9. The van der Waals surface area contributed by atoms with Gasteiger partial charge < -0.3 is 10.4 Å². The van der Waals surface area contributed by atoms with Crippen molar-refractivity contribution in [1.82, 2.24) is 0 Å². The highest BCUT2D eigenvalue weighted by Gasteiger charge is 2.04. The van der Waals surface area contributed by atoms with Gasteiger partial charge in [0.1, 0.15) is 6.54 Å². The van der Waals surface area contributed by atoms with Crippen LogP contribution in [0.25, 0.3) is 0 Å². The van der Waals surface area contributed by atoms with Crippen LogP contribution in [0.4, 0.5) is 5.69 Å².